The van der Waals surface area contributed by atoms with Crippen LogP contribution < -0.4 is 10.1 Å². The molecule has 0 fully saturated rings. The fourth-order valence-electron chi connectivity index (χ4n) is 2.46. The summed E-state index contributed by atoms with van der Waals surface area (Å²) in [5.74, 6) is -0.643. The van der Waals surface area contributed by atoms with Crippen molar-refractivity contribution in [2.24, 2.45) is 0 Å². The van der Waals surface area contributed by atoms with Gasteiger partial charge in [0.2, 0.25) is 0 Å². The van der Waals surface area contributed by atoms with E-state index in [-0.39, 0.29) is 0 Å². The first-order valence-corrected chi connectivity index (χ1v) is 8.31. The lowest BCUT2D eigenvalue weighted by molar-refractivity contribution is -0.137. The molecule has 2 N–H and O–H groups in total. The molecule has 3 rings (SSSR count). The Balaban J connectivity index is 1.66. The van der Waals surface area contributed by atoms with E-state index in [1.807, 2.05) is 30.3 Å². The Hall–Kier alpha value is -3.48. The lowest BCUT2D eigenvalue weighted by Gasteiger charge is -2.11. The first-order valence-electron chi connectivity index (χ1n) is 8.31. The van der Waals surface area contributed by atoms with Crippen LogP contribution in [0.25, 0.3) is 0 Å². The molecule has 0 aliphatic carbocycles. The van der Waals surface area contributed by atoms with Crippen LogP contribution in [-0.4, -0.2) is 11.0 Å². The van der Waals surface area contributed by atoms with Crippen LogP contribution in [0, 0.1) is 0 Å². The third-order valence-electron chi connectivity index (χ3n) is 3.93. The predicted octanol–water partition coefficient (Wildman–Crippen LogP) is 5.24. The fourth-order valence-corrected chi connectivity index (χ4v) is 2.46. The van der Waals surface area contributed by atoms with E-state index in [0.717, 1.165) is 17.4 Å². The second kappa shape index (κ2) is 8.04. The minimum Gasteiger partial charge on any atom is -0.507 e. The fraction of sp³-hybridized carbons (Fsp3) is 0.0952. The third kappa shape index (κ3) is 4.82. The standard InChI is InChI=1S/C21H16F3NO3/c22-21(23,24)15-8-11-19(26)18(12-15)20(27)25-16-9-6-14(7-10-16)13-28-17-4-2-1-3-5-17/h1-12,26H,13H2,(H,25,27). The van der Waals surface area contributed by atoms with Crippen molar-refractivity contribution >= 4 is 11.6 Å². The summed E-state index contributed by atoms with van der Waals surface area (Å²) in [4.78, 5) is 12.2. The zero-order valence-corrected chi connectivity index (χ0v) is 14.5. The van der Waals surface area contributed by atoms with E-state index in [9.17, 15) is 23.1 Å². The summed E-state index contributed by atoms with van der Waals surface area (Å²) in [6, 6.07) is 18.1. The molecule has 4 nitrogen and oxygen atoms in total. The molecule has 0 saturated carbocycles. The number of aromatic hydroxyl groups is 1. The highest BCUT2D eigenvalue weighted by Crippen LogP contribution is 2.32. The van der Waals surface area contributed by atoms with Crippen molar-refractivity contribution in [2.45, 2.75) is 12.8 Å². The van der Waals surface area contributed by atoms with E-state index in [2.05, 4.69) is 5.32 Å². The van der Waals surface area contributed by atoms with Crippen molar-refractivity contribution in [3.8, 4) is 11.5 Å². The van der Waals surface area contributed by atoms with Crippen LogP contribution >= 0.6 is 0 Å². The Morgan fingerprint density at radius 3 is 2.29 bits per heavy atom. The average molecular weight is 387 g/mol. The molecule has 144 valence electrons. The van der Waals surface area contributed by atoms with E-state index in [0.29, 0.717) is 24.4 Å². The molecule has 0 unspecified atom stereocenters. The highest BCUT2D eigenvalue weighted by molar-refractivity contribution is 6.06. The maximum atomic E-state index is 12.8. The summed E-state index contributed by atoms with van der Waals surface area (Å²) in [5.41, 5.74) is -0.232. The van der Waals surface area contributed by atoms with E-state index >= 15 is 0 Å². The monoisotopic (exact) mass is 387 g/mol. The summed E-state index contributed by atoms with van der Waals surface area (Å²) in [5, 5.41) is 12.2. The number of nitrogens with one attached hydrogen (secondary N) is 1. The number of halogens is 3. The molecule has 0 heterocycles. The summed E-state index contributed by atoms with van der Waals surface area (Å²) in [6.45, 7) is 0.326. The number of carbonyl (C=O) groups excluding carboxylic acids is 1. The molecular formula is C21H16F3NO3. The molecule has 0 saturated heterocycles. The van der Waals surface area contributed by atoms with Gasteiger partial charge in [-0.2, -0.15) is 13.2 Å². The second-order valence-electron chi connectivity index (χ2n) is 5.98. The molecule has 1 amide bonds. The number of phenols is 1. The maximum absolute atomic E-state index is 12.8. The van der Waals surface area contributed by atoms with Gasteiger partial charge in [0.1, 0.15) is 18.1 Å². The minimum absolute atomic E-state index is 0.326. The Labute approximate surface area is 159 Å². The Bertz CT molecular complexity index is 955. The van der Waals surface area contributed by atoms with Crippen LogP contribution in [0.15, 0.2) is 72.8 Å². The largest absolute Gasteiger partial charge is 0.507 e. The van der Waals surface area contributed by atoms with Gasteiger partial charge in [-0.3, -0.25) is 4.79 Å². The number of anilines is 1. The molecule has 0 aliphatic rings. The number of amides is 1. The third-order valence-corrected chi connectivity index (χ3v) is 3.93. The molecular weight excluding hydrogens is 371 g/mol. The van der Waals surface area contributed by atoms with Crippen molar-refractivity contribution in [2.75, 3.05) is 5.32 Å². The predicted molar refractivity (Wildman–Crippen MR) is 98.3 cm³/mol. The van der Waals surface area contributed by atoms with Gasteiger partial charge in [-0.05, 0) is 48.0 Å². The van der Waals surface area contributed by atoms with Crippen molar-refractivity contribution in [3.05, 3.63) is 89.5 Å². The molecule has 0 bridgehead atoms. The van der Waals surface area contributed by atoms with Gasteiger partial charge in [-0.25, -0.2) is 0 Å². The van der Waals surface area contributed by atoms with Gasteiger partial charge in [0.05, 0.1) is 11.1 Å². The Morgan fingerprint density at radius 2 is 1.64 bits per heavy atom. The van der Waals surface area contributed by atoms with E-state index in [1.54, 1.807) is 24.3 Å². The van der Waals surface area contributed by atoms with Crippen LogP contribution in [0.5, 0.6) is 11.5 Å². The molecule has 0 aromatic heterocycles. The van der Waals surface area contributed by atoms with E-state index in [4.69, 9.17) is 4.74 Å². The lowest BCUT2D eigenvalue weighted by atomic mass is 10.1. The summed E-state index contributed by atoms with van der Waals surface area (Å²) in [7, 11) is 0. The minimum atomic E-state index is -4.61. The van der Waals surface area contributed by atoms with Gasteiger partial charge in [0.15, 0.2) is 0 Å². The smallest absolute Gasteiger partial charge is 0.416 e. The molecule has 0 atom stereocenters. The Kier molecular flexibility index (Phi) is 5.54. The highest BCUT2D eigenvalue weighted by atomic mass is 19.4. The number of phenolic OH excluding ortho intramolecular Hbond substituents is 1. The molecule has 3 aromatic rings. The van der Waals surface area contributed by atoms with Gasteiger partial charge in [-0.15, -0.1) is 0 Å². The van der Waals surface area contributed by atoms with Gasteiger partial charge in [-0.1, -0.05) is 30.3 Å². The lowest BCUT2D eigenvalue weighted by Crippen LogP contribution is -2.14. The number of alkyl halides is 3. The van der Waals surface area contributed by atoms with Crippen molar-refractivity contribution in [1.29, 1.82) is 0 Å². The van der Waals surface area contributed by atoms with Crippen LogP contribution in [-0.2, 0) is 12.8 Å². The van der Waals surface area contributed by atoms with Crippen molar-refractivity contribution < 1.29 is 27.8 Å². The zero-order chi connectivity index (χ0) is 20.1. The molecule has 0 radical (unpaired) electrons. The number of hydrogen-bond donors (Lipinski definition) is 2. The quantitative estimate of drug-likeness (QED) is 0.629. The normalized spacial score (nSPS) is 11.1. The molecule has 3 aromatic carbocycles. The Morgan fingerprint density at radius 1 is 0.964 bits per heavy atom. The summed E-state index contributed by atoms with van der Waals surface area (Å²) in [6.07, 6.45) is -4.61. The van der Waals surface area contributed by atoms with E-state index < -0.39 is 29.0 Å². The topological polar surface area (TPSA) is 58.6 Å². The summed E-state index contributed by atoms with van der Waals surface area (Å²) < 4.78 is 44.0. The number of ether oxygens (including phenoxy) is 1. The first-order chi connectivity index (χ1) is 13.3. The highest BCUT2D eigenvalue weighted by Gasteiger charge is 2.31. The van der Waals surface area contributed by atoms with Crippen molar-refractivity contribution in [3.63, 3.8) is 0 Å². The second-order valence-corrected chi connectivity index (χ2v) is 5.98. The molecule has 7 heteroatoms. The summed E-state index contributed by atoms with van der Waals surface area (Å²) >= 11 is 0. The van der Waals surface area contributed by atoms with E-state index in [1.165, 1.54) is 0 Å². The number of rotatable bonds is 5. The number of benzene rings is 3. The van der Waals surface area contributed by atoms with Crippen LogP contribution in [0.4, 0.5) is 18.9 Å². The van der Waals surface area contributed by atoms with Gasteiger partial charge < -0.3 is 15.2 Å². The SMILES string of the molecule is O=C(Nc1ccc(COc2ccccc2)cc1)c1cc(C(F)(F)F)ccc1O. The van der Waals surface area contributed by atoms with Gasteiger partial charge >= 0.3 is 6.18 Å². The van der Waals surface area contributed by atoms with Gasteiger partial charge in [0.25, 0.3) is 5.91 Å². The molecule has 0 aliphatic heterocycles. The van der Waals surface area contributed by atoms with Crippen LogP contribution in [0.1, 0.15) is 21.5 Å². The number of para-hydroxylation sites is 1. The zero-order valence-electron chi connectivity index (χ0n) is 14.5. The maximum Gasteiger partial charge on any atom is 0.416 e. The van der Waals surface area contributed by atoms with Crippen LogP contribution in [0.2, 0.25) is 0 Å². The number of carbonyl (C=O) groups is 1. The van der Waals surface area contributed by atoms with Gasteiger partial charge in [0, 0.05) is 5.69 Å². The van der Waals surface area contributed by atoms with Crippen LogP contribution in [0.3, 0.4) is 0 Å². The first kappa shape index (κ1) is 19.3. The van der Waals surface area contributed by atoms with Crippen molar-refractivity contribution in [1.82, 2.24) is 0 Å². The average Bonchev–Trinajstić information content (AvgIpc) is 2.67. The number of hydrogen-bond acceptors (Lipinski definition) is 3. The molecule has 28 heavy (non-hydrogen) atoms. The molecule has 0 spiro atoms.